The van der Waals surface area contributed by atoms with Crippen LogP contribution in [0.3, 0.4) is 0 Å². The molecule has 0 spiro atoms. The zero-order chi connectivity index (χ0) is 15.0. The van der Waals surface area contributed by atoms with E-state index in [2.05, 4.69) is 43.0 Å². The number of likely N-dealkylation sites (tertiary alicyclic amines) is 1. The molecule has 21 heavy (non-hydrogen) atoms. The zero-order valence-electron chi connectivity index (χ0n) is 12.3. The standard InChI is InChI=1S/C18H19Cl2N/c1-18(2)11-21(12-18)17(13-6-4-3-5-7-13)14-8-15(19)10-16(20)9-14/h3-10,17H,11-12H2,1-2H3/t17-/m1/s1. The van der Waals surface area contributed by atoms with Crippen LogP contribution in [-0.4, -0.2) is 18.0 Å². The van der Waals surface area contributed by atoms with Crippen molar-refractivity contribution in [2.24, 2.45) is 5.41 Å². The van der Waals surface area contributed by atoms with Gasteiger partial charge in [-0.3, -0.25) is 4.90 Å². The van der Waals surface area contributed by atoms with Crippen LogP contribution >= 0.6 is 23.2 Å². The summed E-state index contributed by atoms with van der Waals surface area (Å²) in [6.07, 6.45) is 0. The third kappa shape index (κ3) is 3.26. The highest BCUT2D eigenvalue weighted by Crippen LogP contribution is 2.40. The van der Waals surface area contributed by atoms with E-state index in [1.807, 2.05) is 18.2 Å². The molecule has 0 N–H and O–H groups in total. The SMILES string of the molecule is CC1(C)CN([C@H](c2ccccc2)c2cc(Cl)cc(Cl)c2)C1. The molecule has 1 fully saturated rings. The Morgan fingerprint density at radius 2 is 1.48 bits per heavy atom. The van der Waals surface area contributed by atoms with E-state index in [-0.39, 0.29) is 6.04 Å². The second kappa shape index (κ2) is 5.64. The van der Waals surface area contributed by atoms with E-state index in [1.54, 1.807) is 6.07 Å². The lowest BCUT2D eigenvalue weighted by Gasteiger charge is -2.50. The van der Waals surface area contributed by atoms with Gasteiger partial charge in [-0.05, 0) is 34.7 Å². The van der Waals surface area contributed by atoms with Crippen molar-refractivity contribution in [3.63, 3.8) is 0 Å². The van der Waals surface area contributed by atoms with Gasteiger partial charge in [0.1, 0.15) is 0 Å². The fourth-order valence-electron chi connectivity index (χ4n) is 3.22. The lowest BCUT2D eigenvalue weighted by molar-refractivity contribution is 0.00592. The highest BCUT2D eigenvalue weighted by atomic mass is 35.5. The van der Waals surface area contributed by atoms with Crippen molar-refractivity contribution in [1.82, 2.24) is 4.90 Å². The average Bonchev–Trinajstić information content (AvgIpc) is 2.37. The van der Waals surface area contributed by atoms with Gasteiger partial charge in [0.15, 0.2) is 0 Å². The second-order valence-electron chi connectivity index (χ2n) is 6.59. The molecule has 0 aliphatic carbocycles. The van der Waals surface area contributed by atoms with Crippen molar-refractivity contribution in [2.45, 2.75) is 19.9 Å². The molecule has 1 saturated heterocycles. The van der Waals surface area contributed by atoms with E-state index < -0.39 is 0 Å². The van der Waals surface area contributed by atoms with Gasteiger partial charge >= 0.3 is 0 Å². The minimum atomic E-state index is 0.218. The number of benzene rings is 2. The van der Waals surface area contributed by atoms with Gasteiger partial charge in [0.25, 0.3) is 0 Å². The van der Waals surface area contributed by atoms with Crippen molar-refractivity contribution in [3.8, 4) is 0 Å². The first-order valence-corrected chi connectivity index (χ1v) is 7.95. The molecule has 1 heterocycles. The molecule has 1 aliphatic heterocycles. The summed E-state index contributed by atoms with van der Waals surface area (Å²) in [5, 5.41) is 1.39. The summed E-state index contributed by atoms with van der Waals surface area (Å²) in [7, 11) is 0. The Hall–Kier alpha value is -1.02. The van der Waals surface area contributed by atoms with Crippen LogP contribution in [0.15, 0.2) is 48.5 Å². The Labute approximate surface area is 136 Å². The summed E-state index contributed by atoms with van der Waals surface area (Å²) >= 11 is 12.4. The van der Waals surface area contributed by atoms with Crippen molar-refractivity contribution >= 4 is 23.2 Å². The van der Waals surface area contributed by atoms with Gasteiger partial charge in [-0.25, -0.2) is 0 Å². The predicted molar refractivity (Wildman–Crippen MR) is 90.1 cm³/mol. The highest BCUT2D eigenvalue weighted by molar-refractivity contribution is 6.34. The van der Waals surface area contributed by atoms with Gasteiger partial charge in [-0.1, -0.05) is 67.4 Å². The van der Waals surface area contributed by atoms with Gasteiger partial charge in [0.05, 0.1) is 6.04 Å². The van der Waals surface area contributed by atoms with Crippen molar-refractivity contribution < 1.29 is 0 Å². The Morgan fingerprint density at radius 3 is 2.00 bits per heavy atom. The number of hydrogen-bond acceptors (Lipinski definition) is 1. The minimum Gasteiger partial charge on any atom is -0.291 e. The van der Waals surface area contributed by atoms with Gasteiger partial charge in [0.2, 0.25) is 0 Å². The summed E-state index contributed by atoms with van der Waals surface area (Å²) in [6, 6.07) is 16.6. The molecule has 2 aromatic carbocycles. The Bertz CT molecular complexity index is 609. The Kier molecular flexibility index (Phi) is 4.00. The molecule has 0 unspecified atom stereocenters. The second-order valence-corrected chi connectivity index (χ2v) is 7.46. The maximum absolute atomic E-state index is 6.20. The fraction of sp³-hybridized carbons (Fsp3) is 0.333. The first-order valence-electron chi connectivity index (χ1n) is 7.20. The van der Waals surface area contributed by atoms with Crippen LogP contribution in [0.5, 0.6) is 0 Å². The van der Waals surface area contributed by atoms with Crippen molar-refractivity contribution in [2.75, 3.05) is 13.1 Å². The van der Waals surface area contributed by atoms with Crippen molar-refractivity contribution in [1.29, 1.82) is 0 Å². The molecule has 3 heteroatoms. The smallest absolute Gasteiger partial charge is 0.0603 e. The number of rotatable bonds is 3. The summed E-state index contributed by atoms with van der Waals surface area (Å²) in [5.74, 6) is 0. The van der Waals surface area contributed by atoms with Crippen molar-refractivity contribution in [3.05, 3.63) is 69.7 Å². The number of nitrogens with zero attached hydrogens (tertiary/aromatic N) is 1. The molecule has 0 bridgehead atoms. The molecule has 0 aromatic heterocycles. The Balaban J connectivity index is 2.00. The van der Waals surface area contributed by atoms with Gasteiger partial charge in [-0.15, -0.1) is 0 Å². The normalized spacial score (nSPS) is 19.0. The molecule has 0 saturated carbocycles. The third-order valence-electron chi connectivity index (χ3n) is 3.94. The van der Waals surface area contributed by atoms with Crippen LogP contribution < -0.4 is 0 Å². The molecule has 0 amide bonds. The molecular formula is C18H19Cl2N. The number of halogens is 2. The molecule has 1 nitrogen and oxygen atoms in total. The molecule has 3 rings (SSSR count). The van der Waals surface area contributed by atoms with E-state index in [9.17, 15) is 0 Å². The van der Waals surface area contributed by atoms with Crippen LogP contribution in [0.25, 0.3) is 0 Å². The Morgan fingerprint density at radius 1 is 0.905 bits per heavy atom. The van der Waals surface area contributed by atoms with E-state index in [4.69, 9.17) is 23.2 Å². The van der Waals surface area contributed by atoms with Crippen LogP contribution in [-0.2, 0) is 0 Å². The lowest BCUT2D eigenvalue weighted by Crippen LogP contribution is -2.54. The molecule has 2 aromatic rings. The van der Waals surface area contributed by atoms with Crippen LogP contribution in [0, 0.1) is 5.41 Å². The topological polar surface area (TPSA) is 3.24 Å². The van der Waals surface area contributed by atoms with Gasteiger partial charge < -0.3 is 0 Å². The van der Waals surface area contributed by atoms with E-state index in [0.717, 1.165) is 18.7 Å². The predicted octanol–water partition coefficient (Wildman–Crippen LogP) is 5.42. The first-order chi connectivity index (χ1) is 9.94. The molecular weight excluding hydrogens is 301 g/mol. The average molecular weight is 320 g/mol. The van der Waals surface area contributed by atoms with E-state index in [1.165, 1.54) is 5.56 Å². The number of hydrogen-bond donors (Lipinski definition) is 0. The summed E-state index contributed by atoms with van der Waals surface area (Å²) < 4.78 is 0. The molecule has 0 radical (unpaired) electrons. The minimum absolute atomic E-state index is 0.218. The van der Waals surface area contributed by atoms with Crippen LogP contribution in [0.2, 0.25) is 10.0 Å². The summed E-state index contributed by atoms with van der Waals surface area (Å²) in [6.45, 7) is 6.76. The maximum atomic E-state index is 6.20. The molecule has 1 atom stereocenters. The lowest BCUT2D eigenvalue weighted by atomic mass is 9.81. The monoisotopic (exact) mass is 319 g/mol. The highest BCUT2D eigenvalue weighted by Gasteiger charge is 2.39. The third-order valence-corrected chi connectivity index (χ3v) is 4.38. The van der Waals surface area contributed by atoms with Crippen LogP contribution in [0.1, 0.15) is 31.0 Å². The summed E-state index contributed by atoms with van der Waals surface area (Å²) in [5.41, 5.74) is 2.83. The molecule has 1 aliphatic rings. The van der Waals surface area contributed by atoms with Crippen LogP contribution in [0.4, 0.5) is 0 Å². The molecule has 110 valence electrons. The maximum Gasteiger partial charge on any atom is 0.0603 e. The summed E-state index contributed by atoms with van der Waals surface area (Å²) in [4.78, 5) is 2.48. The fourth-order valence-corrected chi connectivity index (χ4v) is 3.76. The van der Waals surface area contributed by atoms with Gasteiger partial charge in [0, 0.05) is 23.1 Å². The van der Waals surface area contributed by atoms with Gasteiger partial charge in [-0.2, -0.15) is 0 Å². The largest absolute Gasteiger partial charge is 0.291 e. The first kappa shape index (κ1) is 14.9. The zero-order valence-corrected chi connectivity index (χ0v) is 13.8. The van der Waals surface area contributed by atoms with E-state index in [0.29, 0.717) is 15.5 Å². The quantitative estimate of drug-likeness (QED) is 0.729. The van der Waals surface area contributed by atoms with E-state index >= 15 is 0 Å².